The molecule has 106 valence electrons. The number of hydrogen-bond donors (Lipinski definition) is 0. The van der Waals surface area contributed by atoms with Gasteiger partial charge in [-0.05, 0) is 37.6 Å². The molecule has 4 nitrogen and oxygen atoms in total. The van der Waals surface area contributed by atoms with E-state index >= 15 is 0 Å². The molecule has 1 aliphatic rings. The lowest BCUT2D eigenvalue weighted by atomic mass is 10.3. The summed E-state index contributed by atoms with van der Waals surface area (Å²) in [6.45, 7) is 4.32. The molecular formula is C15H18N2O2S. The average molecular weight is 290 g/mol. The molecular weight excluding hydrogens is 272 g/mol. The van der Waals surface area contributed by atoms with Crippen molar-refractivity contribution in [3.05, 3.63) is 47.8 Å². The second-order valence-corrected chi connectivity index (χ2v) is 5.88. The molecule has 0 N–H and O–H groups in total. The SMILES string of the molecule is Cc1ccc(CN(Cc2ccco2)C2=NCCCS2)o1. The number of nitrogens with zero attached hydrogens (tertiary/aromatic N) is 2. The van der Waals surface area contributed by atoms with Crippen molar-refractivity contribution in [2.45, 2.75) is 26.4 Å². The van der Waals surface area contributed by atoms with E-state index in [9.17, 15) is 0 Å². The lowest BCUT2D eigenvalue weighted by molar-refractivity contribution is 0.326. The quantitative estimate of drug-likeness (QED) is 0.861. The van der Waals surface area contributed by atoms with Crippen LogP contribution in [0.3, 0.4) is 0 Å². The van der Waals surface area contributed by atoms with Crippen LogP contribution in [0.1, 0.15) is 23.7 Å². The van der Waals surface area contributed by atoms with E-state index in [1.807, 2.05) is 43.0 Å². The molecule has 3 heterocycles. The van der Waals surface area contributed by atoms with Crippen molar-refractivity contribution in [3.8, 4) is 0 Å². The summed E-state index contributed by atoms with van der Waals surface area (Å²) >= 11 is 1.81. The van der Waals surface area contributed by atoms with Gasteiger partial charge in [0.25, 0.3) is 0 Å². The number of furan rings is 2. The molecule has 2 aromatic heterocycles. The Balaban J connectivity index is 1.77. The molecule has 3 rings (SSSR count). The molecule has 5 heteroatoms. The molecule has 1 aliphatic heterocycles. The van der Waals surface area contributed by atoms with Gasteiger partial charge in [-0.1, -0.05) is 11.8 Å². The molecule has 0 aromatic carbocycles. The van der Waals surface area contributed by atoms with Crippen LogP contribution in [0.5, 0.6) is 0 Å². The topological polar surface area (TPSA) is 41.9 Å². The average Bonchev–Trinajstić information content (AvgIpc) is 3.11. The van der Waals surface area contributed by atoms with Gasteiger partial charge < -0.3 is 13.7 Å². The maximum atomic E-state index is 5.69. The fourth-order valence-electron chi connectivity index (χ4n) is 2.18. The van der Waals surface area contributed by atoms with E-state index in [4.69, 9.17) is 8.83 Å². The van der Waals surface area contributed by atoms with Crippen molar-refractivity contribution in [1.29, 1.82) is 0 Å². The van der Waals surface area contributed by atoms with Gasteiger partial charge in [0.2, 0.25) is 0 Å². The summed E-state index contributed by atoms with van der Waals surface area (Å²) in [5.41, 5.74) is 0. The van der Waals surface area contributed by atoms with Crippen LogP contribution in [0.2, 0.25) is 0 Å². The van der Waals surface area contributed by atoms with E-state index < -0.39 is 0 Å². The third-order valence-corrected chi connectivity index (χ3v) is 4.26. The Morgan fingerprint density at radius 1 is 1.25 bits per heavy atom. The molecule has 0 spiro atoms. The predicted molar refractivity (Wildman–Crippen MR) is 80.8 cm³/mol. The van der Waals surface area contributed by atoms with Gasteiger partial charge in [-0.3, -0.25) is 4.99 Å². The first-order valence-corrected chi connectivity index (χ1v) is 7.80. The van der Waals surface area contributed by atoms with Gasteiger partial charge in [0.1, 0.15) is 17.3 Å². The third-order valence-electron chi connectivity index (χ3n) is 3.12. The monoisotopic (exact) mass is 290 g/mol. The first kappa shape index (κ1) is 13.4. The first-order chi connectivity index (χ1) is 9.81. The summed E-state index contributed by atoms with van der Waals surface area (Å²) in [6.07, 6.45) is 2.86. The van der Waals surface area contributed by atoms with Gasteiger partial charge in [0, 0.05) is 12.3 Å². The van der Waals surface area contributed by atoms with Gasteiger partial charge in [-0.25, -0.2) is 0 Å². The molecule has 0 radical (unpaired) electrons. The van der Waals surface area contributed by atoms with Gasteiger partial charge in [0.15, 0.2) is 5.17 Å². The van der Waals surface area contributed by atoms with Crippen molar-refractivity contribution < 1.29 is 8.83 Å². The highest BCUT2D eigenvalue weighted by Crippen LogP contribution is 2.21. The Hall–Kier alpha value is -1.62. The number of amidine groups is 1. The lowest BCUT2D eigenvalue weighted by Gasteiger charge is -2.25. The van der Waals surface area contributed by atoms with Crippen LogP contribution in [-0.4, -0.2) is 22.4 Å². The second kappa shape index (κ2) is 6.22. The zero-order valence-electron chi connectivity index (χ0n) is 11.5. The smallest absolute Gasteiger partial charge is 0.160 e. The van der Waals surface area contributed by atoms with Crippen LogP contribution >= 0.6 is 11.8 Å². The summed E-state index contributed by atoms with van der Waals surface area (Å²) < 4.78 is 11.1. The van der Waals surface area contributed by atoms with Gasteiger partial charge in [0.05, 0.1) is 19.4 Å². The van der Waals surface area contributed by atoms with Crippen LogP contribution in [0.15, 0.2) is 44.4 Å². The van der Waals surface area contributed by atoms with Crippen molar-refractivity contribution in [2.75, 3.05) is 12.3 Å². The summed E-state index contributed by atoms with van der Waals surface area (Å²) in [5.74, 6) is 3.98. The molecule has 0 amide bonds. The molecule has 0 aliphatic carbocycles. The summed E-state index contributed by atoms with van der Waals surface area (Å²) in [4.78, 5) is 6.86. The van der Waals surface area contributed by atoms with Crippen LogP contribution in [-0.2, 0) is 13.1 Å². The van der Waals surface area contributed by atoms with Gasteiger partial charge in [-0.15, -0.1) is 0 Å². The number of rotatable bonds is 4. The van der Waals surface area contributed by atoms with Crippen LogP contribution in [0.25, 0.3) is 0 Å². The zero-order valence-corrected chi connectivity index (χ0v) is 12.4. The van der Waals surface area contributed by atoms with Crippen molar-refractivity contribution in [3.63, 3.8) is 0 Å². The largest absolute Gasteiger partial charge is 0.467 e. The predicted octanol–water partition coefficient (Wildman–Crippen LogP) is 3.68. The van der Waals surface area contributed by atoms with E-state index in [2.05, 4.69) is 9.89 Å². The van der Waals surface area contributed by atoms with E-state index in [-0.39, 0.29) is 0 Å². The van der Waals surface area contributed by atoms with Gasteiger partial charge in [-0.2, -0.15) is 0 Å². The molecule has 0 saturated heterocycles. The highest BCUT2D eigenvalue weighted by molar-refractivity contribution is 8.13. The van der Waals surface area contributed by atoms with Crippen molar-refractivity contribution in [1.82, 2.24) is 4.90 Å². The molecule has 0 fully saturated rings. The fourth-order valence-corrected chi connectivity index (χ4v) is 3.13. The maximum Gasteiger partial charge on any atom is 0.160 e. The Morgan fingerprint density at radius 3 is 2.80 bits per heavy atom. The molecule has 0 unspecified atom stereocenters. The molecule has 0 bridgehead atoms. The van der Waals surface area contributed by atoms with Crippen molar-refractivity contribution >= 4 is 16.9 Å². The van der Waals surface area contributed by atoms with Gasteiger partial charge >= 0.3 is 0 Å². The summed E-state index contributed by atoms with van der Waals surface area (Å²) in [6, 6.07) is 7.93. The minimum Gasteiger partial charge on any atom is -0.467 e. The molecule has 0 saturated carbocycles. The highest BCUT2D eigenvalue weighted by atomic mass is 32.2. The standard InChI is InChI=1S/C15H18N2O2S/c1-12-5-6-14(19-12)11-17(10-13-4-2-8-18-13)15-16-7-3-9-20-15/h2,4-6,8H,3,7,9-11H2,1H3. The highest BCUT2D eigenvalue weighted by Gasteiger charge is 2.18. The minimum atomic E-state index is 0.721. The normalized spacial score (nSPS) is 15.2. The Labute approximate surface area is 122 Å². The number of thioether (sulfide) groups is 1. The maximum absolute atomic E-state index is 5.69. The van der Waals surface area contributed by atoms with Crippen molar-refractivity contribution in [2.24, 2.45) is 4.99 Å². The number of aliphatic imine (C=N–C) groups is 1. The van der Waals surface area contributed by atoms with E-state index in [1.165, 1.54) is 0 Å². The summed E-state index contributed by atoms with van der Waals surface area (Å²) in [5, 5.41) is 1.08. The van der Waals surface area contributed by atoms with E-state index in [0.29, 0.717) is 0 Å². The Morgan fingerprint density at radius 2 is 2.15 bits per heavy atom. The van der Waals surface area contributed by atoms with E-state index in [0.717, 1.165) is 54.3 Å². The number of aryl methyl sites for hydroxylation is 1. The Bertz CT molecular complexity index is 574. The van der Waals surface area contributed by atoms with E-state index in [1.54, 1.807) is 6.26 Å². The summed E-state index contributed by atoms with van der Waals surface area (Å²) in [7, 11) is 0. The number of hydrogen-bond acceptors (Lipinski definition) is 5. The zero-order chi connectivity index (χ0) is 13.8. The molecule has 0 atom stereocenters. The first-order valence-electron chi connectivity index (χ1n) is 6.81. The second-order valence-electron chi connectivity index (χ2n) is 4.81. The van der Waals surface area contributed by atoms with Crippen LogP contribution in [0, 0.1) is 6.92 Å². The molecule has 2 aromatic rings. The lowest BCUT2D eigenvalue weighted by Crippen LogP contribution is -2.29. The van der Waals surface area contributed by atoms with Crippen LogP contribution in [0.4, 0.5) is 0 Å². The van der Waals surface area contributed by atoms with Crippen LogP contribution < -0.4 is 0 Å². The molecule has 20 heavy (non-hydrogen) atoms. The fraction of sp³-hybridized carbons (Fsp3) is 0.400. The Kier molecular flexibility index (Phi) is 4.16. The minimum absolute atomic E-state index is 0.721. The third kappa shape index (κ3) is 3.28.